The molecule has 60 valence electrons. The highest BCUT2D eigenvalue weighted by Crippen LogP contribution is 2.20. The van der Waals surface area contributed by atoms with Gasteiger partial charge >= 0.3 is 0 Å². The van der Waals surface area contributed by atoms with E-state index >= 15 is 0 Å². The van der Waals surface area contributed by atoms with Crippen LogP contribution in [-0.2, 0) is 0 Å². The van der Waals surface area contributed by atoms with Gasteiger partial charge in [-0.05, 0) is 12.3 Å². The van der Waals surface area contributed by atoms with Gasteiger partial charge in [0.1, 0.15) is 11.4 Å². The number of aromatic nitrogens is 3. The summed E-state index contributed by atoms with van der Waals surface area (Å²) >= 11 is 1.62. The number of fused-ring (bicyclic) bond motifs is 1. The van der Waals surface area contributed by atoms with Gasteiger partial charge in [0.05, 0.1) is 11.7 Å². The smallest absolute Gasteiger partial charge is 0.117 e. The lowest BCUT2D eigenvalue weighted by Crippen LogP contribution is -1.86. The minimum atomic E-state index is 0.900. The van der Waals surface area contributed by atoms with Crippen LogP contribution in [0.15, 0.2) is 29.8 Å². The molecule has 2 aromatic rings. The average molecular weight is 177 g/mol. The fraction of sp³-hybridized carbons (Fsp3) is 0.125. The number of hydrogen-bond acceptors (Lipinski definition) is 4. The highest BCUT2D eigenvalue weighted by Gasteiger charge is 1.99. The molecule has 0 saturated carbocycles. The summed E-state index contributed by atoms with van der Waals surface area (Å²) < 4.78 is 0. The van der Waals surface area contributed by atoms with Crippen molar-refractivity contribution in [2.24, 2.45) is 0 Å². The number of hydrogen-bond donors (Lipinski definition) is 0. The molecule has 0 radical (unpaired) electrons. The van der Waals surface area contributed by atoms with Crippen LogP contribution >= 0.6 is 11.8 Å². The Morgan fingerprint density at radius 3 is 3.08 bits per heavy atom. The lowest BCUT2D eigenvalue weighted by atomic mass is 10.3. The average Bonchev–Trinajstić information content (AvgIpc) is 2.17. The summed E-state index contributed by atoms with van der Waals surface area (Å²) in [4.78, 5) is 12.2. The fourth-order valence-electron chi connectivity index (χ4n) is 1.05. The van der Waals surface area contributed by atoms with Crippen LogP contribution in [0.3, 0.4) is 0 Å². The Morgan fingerprint density at radius 2 is 2.25 bits per heavy atom. The molecule has 0 aliphatic heterocycles. The second-order valence-electron chi connectivity index (χ2n) is 2.28. The van der Waals surface area contributed by atoms with Crippen molar-refractivity contribution in [3.63, 3.8) is 0 Å². The summed E-state index contributed by atoms with van der Waals surface area (Å²) in [5, 5.41) is 2.07. The van der Waals surface area contributed by atoms with E-state index in [-0.39, 0.29) is 0 Å². The maximum Gasteiger partial charge on any atom is 0.117 e. The zero-order chi connectivity index (χ0) is 8.39. The predicted molar refractivity (Wildman–Crippen MR) is 49.1 cm³/mol. The standard InChI is InChI=1S/C8H7N3S/c1-12-8-6-2-3-9-4-7(6)10-5-11-8/h2-5H,1H3. The van der Waals surface area contributed by atoms with Gasteiger partial charge in [-0.15, -0.1) is 11.8 Å². The van der Waals surface area contributed by atoms with Gasteiger partial charge in [-0.25, -0.2) is 9.97 Å². The van der Waals surface area contributed by atoms with Crippen LogP contribution in [0.5, 0.6) is 0 Å². The van der Waals surface area contributed by atoms with Crippen molar-refractivity contribution < 1.29 is 0 Å². The van der Waals surface area contributed by atoms with Crippen molar-refractivity contribution in [3.8, 4) is 0 Å². The number of rotatable bonds is 1. The molecule has 0 atom stereocenters. The maximum absolute atomic E-state index is 4.15. The van der Waals surface area contributed by atoms with E-state index in [1.165, 1.54) is 0 Å². The minimum absolute atomic E-state index is 0.900. The molecule has 2 aromatic heterocycles. The van der Waals surface area contributed by atoms with Crippen LogP contribution < -0.4 is 0 Å². The summed E-state index contributed by atoms with van der Waals surface area (Å²) in [6.07, 6.45) is 7.07. The molecular weight excluding hydrogens is 170 g/mol. The third-order valence-corrected chi connectivity index (χ3v) is 2.31. The van der Waals surface area contributed by atoms with Crippen LogP contribution in [0, 0.1) is 0 Å². The number of nitrogens with zero attached hydrogens (tertiary/aromatic N) is 3. The molecule has 0 unspecified atom stereocenters. The predicted octanol–water partition coefficient (Wildman–Crippen LogP) is 1.75. The van der Waals surface area contributed by atoms with Crippen LogP contribution in [0.2, 0.25) is 0 Å². The lowest BCUT2D eigenvalue weighted by Gasteiger charge is -1.99. The molecular formula is C8H7N3S. The first-order valence-corrected chi connectivity index (χ1v) is 4.73. The molecule has 2 heterocycles. The van der Waals surface area contributed by atoms with Crippen molar-refractivity contribution in [3.05, 3.63) is 24.8 Å². The zero-order valence-corrected chi connectivity index (χ0v) is 7.38. The van der Waals surface area contributed by atoms with Gasteiger partial charge in [-0.2, -0.15) is 0 Å². The van der Waals surface area contributed by atoms with Crippen molar-refractivity contribution in [1.82, 2.24) is 15.0 Å². The number of thioether (sulfide) groups is 1. The molecule has 0 aliphatic carbocycles. The van der Waals surface area contributed by atoms with E-state index in [0.29, 0.717) is 0 Å². The molecule has 4 heteroatoms. The molecule has 0 saturated heterocycles. The third-order valence-electron chi connectivity index (χ3n) is 1.60. The van der Waals surface area contributed by atoms with Crippen LogP contribution in [-0.4, -0.2) is 21.2 Å². The second-order valence-corrected chi connectivity index (χ2v) is 3.07. The minimum Gasteiger partial charge on any atom is -0.262 e. The van der Waals surface area contributed by atoms with Crippen molar-refractivity contribution in [2.75, 3.05) is 6.26 Å². The molecule has 0 fully saturated rings. The molecule has 0 bridgehead atoms. The third kappa shape index (κ3) is 1.14. The Morgan fingerprint density at radius 1 is 1.33 bits per heavy atom. The molecule has 0 spiro atoms. The fourth-order valence-corrected chi connectivity index (χ4v) is 1.59. The first kappa shape index (κ1) is 7.49. The highest BCUT2D eigenvalue weighted by atomic mass is 32.2. The summed E-state index contributed by atoms with van der Waals surface area (Å²) in [5.41, 5.74) is 0.900. The molecule has 0 aromatic carbocycles. The van der Waals surface area contributed by atoms with Crippen molar-refractivity contribution in [2.45, 2.75) is 5.03 Å². The molecule has 2 rings (SSSR count). The molecule has 0 amide bonds. The van der Waals surface area contributed by atoms with Gasteiger partial charge in [0.25, 0.3) is 0 Å². The second kappa shape index (κ2) is 3.06. The molecule has 12 heavy (non-hydrogen) atoms. The normalized spacial score (nSPS) is 10.4. The SMILES string of the molecule is CSc1ncnc2cnccc12. The van der Waals surface area contributed by atoms with E-state index in [1.807, 2.05) is 12.3 Å². The Balaban J connectivity index is 2.79. The largest absolute Gasteiger partial charge is 0.262 e. The van der Waals surface area contributed by atoms with E-state index < -0.39 is 0 Å². The van der Waals surface area contributed by atoms with Crippen LogP contribution in [0.4, 0.5) is 0 Å². The van der Waals surface area contributed by atoms with E-state index in [4.69, 9.17) is 0 Å². The van der Waals surface area contributed by atoms with Crippen molar-refractivity contribution in [1.29, 1.82) is 0 Å². The van der Waals surface area contributed by atoms with Gasteiger partial charge in [0.2, 0.25) is 0 Å². The Kier molecular flexibility index (Phi) is 1.91. The van der Waals surface area contributed by atoms with Gasteiger partial charge in [-0.3, -0.25) is 4.98 Å². The summed E-state index contributed by atoms with van der Waals surface area (Å²) in [6.45, 7) is 0. The molecule has 3 nitrogen and oxygen atoms in total. The monoisotopic (exact) mass is 177 g/mol. The molecule has 0 aliphatic rings. The Bertz CT molecular complexity index is 397. The van der Waals surface area contributed by atoms with E-state index in [9.17, 15) is 0 Å². The quantitative estimate of drug-likeness (QED) is 0.491. The Labute approximate surface area is 74.3 Å². The zero-order valence-electron chi connectivity index (χ0n) is 6.56. The Hall–Kier alpha value is -1.16. The lowest BCUT2D eigenvalue weighted by molar-refractivity contribution is 1.10. The van der Waals surface area contributed by atoms with E-state index in [0.717, 1.165) is 15.9 Å². The number of pyridine rings is 1. The van der Waals surface area contributed by atoms with E-state index in [2.05, 4.69) is 15.0 Å². The summed E-state index contributed by atoms with van der Waals surface area (Å²) in [6, 6.07) is 1.93. The summed E-state index contributed by atoms with van der Waals surface area (Å²) in [7, 11) is 0. The van der Waals surface area contributed by atoms with E-state index in [1.54, 1.807) is 30.5 Å². The first-order valence-electron chi connectivity index (χ1n) is 3.50. The van der Waals surface area contributed by atoms with Crippen LogP contribution in [0.25, 0.3) is 10.9 Å². The molecule has 0 N–H and O–H groups in total. The van der Waals surface area contributed by atoms with Gasteiger partial charge < -0.3 is 0 Å². The maximum atomic E-state index is 4.15. The van der Waals surface area contributed by atoms with Gasteiger partial charge in [0, 0.05) is 11.6 Å². The first-order chi connectivity index (χ1) is 5.92. The summed E-state index contributed by atoms with van der Waals surface area (Å²) in [5.74, 6) is 0. The van der Waals surface area contributed by atoms with Crippen LogP contribution in [0.1, 0.15) is 0 Å². The van der Waals surface area contributed by atoms with Gasteiger partial charge in [-0.1, -0.05) is 0 Å². The topological polar surface area (TPSA) is 38.7 Å². The van der Waals surface area contributed by atoms with Gasteiger partial charge in [0.15, 0.2) is 0 Å². The highest BCUT2D eigenvalue weighted by molar-refractivity contribution is 7.98. The van der Waals surface area contributed by atoms with Crippen molar-refractivity contribution >= 4 is 22.7 Å².